The molecule has 1 atom stereocenters. The summed E-state index contributed by atoms with van der Waals surface area (Å²) in [5.74, 6) is -0.116. The van der Waals surface area contributed by atoms with Crippen LogP contribution in [-0.4, -0.2) is 27.5 Å². The monoisotopic (exact) mass is 557 g/mol. The van der Waals surface area contributed by atoms with Crippen molar-refractivity contribution in [2.24, 2.45) is 0 Å². The molecule has 0 bridgehead atoms. The summed E-state index contributed by atoms with van der Waals surface area (Å²) >= 11 is 0. The molecule has 1 N–H and O–H groups in total. The average Bonchev–Trinajstić information content (AvgIpc) is 2.95. The molecule has 8 nitrogen and oxygen atoms in total. The largest absolute Gasteiger partial charge is 0.497 e. The lowest BCUT2D eigenvalue weighted by Crippen LogP contribution is -2.44. The van der Waals surface area contributed by atoms with Crippen LogP contribution in [0.15, 0.2) is 99.0 Å². The SMILES string of the molecule is COc1ccc2c(c1)c(=O)oc1c(C)c(OC(=O)[C@@H](Cc3ccccc3)NS(=O)(=O)c3ccc(C)cc3)ccc12. The lowest BCUT2D eigenvalue weighted by Gasteiger charge is -2.19. The molecule has 5 aromatic rings. The van der Waals surface area contributed by atoms with Gasteiger partial charge in [0, 0.05) is 16.3 Å². The van der Waals surface area contributed by atoms with E-state index in [4.69, 9.17) is 13.9 Å². The highest BCUT2D eigenvalue weighted by Gasteiger charge is 2.28. The van der Waals surface area contributed by atoms with E-state index < -0.39 is 27.7 Å². The molecule has 0 saturated carbocycles. The number of carbonyl (C=O) groups excluding carboxylic acids is 1. The molecule has 0 spiro atoms. The lowest BCUT2D eigenvalue weighted by molar-refractivity contribution is -0.136. The van der Waals surface area contributed by atoms with Gasteiger partial charge in [-0.05, 0) is 68.3 Å². The third-order valence-electron chi connectivity index (χ3n) is 6.69. The van der Waals surface area contributed by atoms with Gasteiger partial charge >= 0.3 is 11.6 Å². The number of sulfonamides is 1. The highest BCUT2D eigenvalue weighted by molar-refractivity contribution is 7.89. The van der Waals surface area contributed by atoms with Crippen LogP contribution in [0.4, 0.5) is 0 Å². The smallest absolute Gasteiger partial charge is 0.344 e. The molecular formula is C31H27NO7S. The first-order valence-corrected chi connectivity index (χ1v) is 14.0. The van der Waals surface area contributed by atoms with Gasteiger partial charge in [0.1, 0.15) is 23.1 Å². The zero-order chi connectivity index (χ0) is 28.4. The molecule has 0 unspecified atom stereocenters. The maximum absolute atomic E-state index is 13.5. The molecule has 204 valence electrons. The summed E-state index contributed by atoms with van der Waals surface area (Å²) in [4.78, 5) is 26.3. The molecule has 1 aromatic heterocycles. The van der Waals surface area contributed by atoms with E-state index in [-0.39, 0.29) is 22.6 Å². The Kier molecular flexibility index (Phi) is 7.42. The zero-order valence-corrected chi connectivity index (χ0v) is 22.9. The van der Waals surface area contributed by atoms with Gasteiger partial charge in [-0.2, -0.15) is 4.72 Å². The van der Waals surface area contributed by atoms with Crippen LogP contribution in [0.5, 0.6) is 11.5 Å². The fourth-order valence-corrected chi connectivity index (χ4v) is 5.69. The summed E-state index contributed by atoms with van der Waals surface area (Å²) < 4.78 is 45.4. The van der Waals surface area contributed by atoms with E-state index in [0.29, 0.717) is 27.5 Å². The Bertz CT molecular complexity index is 1880. The predicted molar refractivity (Wildman–Crippen MR) is 152 cm³/mol. The van der Waals surface area contributed by atoms with Crippen LogP contribution < -0.4 is 19.8 Å². The summed E-state index contributed by atoms with van der Waals surface area (Å²) in [5, 5.41) is 1.70. The van der Waals surface area contributed by atoms with Gasteiger partial charge in [-0.3, -0.25) is 0 Å². The number of benzene rings is 4. The van der Waals surface area contributed by atoms with E-state index in [1.54, 1.807) is 61.5 Å². The molecular weight excluding hydrogens is 530 g/mol. The van der Waals surface area contributed by atoms with E-state index in [1.807, 2.05) is 25.1 Å². The predicted octanol–water partition coefficient (Wildman–Crippen LogP) is 5.07. The number of carbonyl (C=O) groups is 1. The van der Waals surface area contributed by atoms with E-state index in [0.717, 1.165) is 11.1 Å². The normalized spacial score (nSPS) is 12.4. The molecule has 0 amide bonds. The molecule has 9 heteroatoms. The van der Waals surface area contributed by atoms with Crippen LogP contribution in [-0.2, 0) is 21.2 Å². The highest BCUT2D eigenvalue weighted by atomic mass is 32.2. The van der Waals surface area contributed by atoms with Crippen molar-refractivity contribution in [1.29, 1.82) is 0 Å². The molecule has 4 aromatic carbocycles. The van der Waals surface area contributed by atoms with Crippen LogP contribution >= 0.6 is 0 Å². The number of fused-ring (bicyclic) bond motifs is 3. The van der Waals surface area contributed by atoms with Crippen molar-refractivity contribution >= 4 is 37.7 Å². The number of rotatable bonds is 8. The molecule has 0 aliphatic carbocycles. The maximum Gasteiger partial charge on any atom is 0.344 e. The fourth-order valence-electron chi connectivity index (χ4n) is 4.50. The van der Waals surface area contributed by atoms with Crippen LogP contribution in [0.2, 0.25) is 0 Å². The van der Waals surface area contributed by atoms with E-state index in [2.05, 4.69) is 4.72 Å². The van der Waals surface area contributed by atoms with E-state index in [1.165, 1.54) is 19.2 Å². The Morgan fingerprint density at radius 3 is 2.30 bits per heavy atom. The molecule has 5 rings (SSSR count). The second kappa shape index (κ2) is 11.0. The van der Waals surface area contributed by atoms with Crippen LogP contribution in [0, 0.1) is 13.8 Å². The second-order valence-electron chi connectivity index (χ2n) is 9.46. The average molecular weight is 558 g/mol. The molecule has 0 radical (unpaired) electrons. The van der Waals surface area contributed by atoms with E-state index in [9.17, 15) is 18.0 Å². The molecule has 40 heavy (non-hydrogen) atoms. The second-order valence-corrected chi connectivity index (χ2v) is 11.2. The van der Waals surface area contributed by atoms with Crippen molar-refractivity contribution in [3.8, 4) is 11.5 Å². The Hall–Kier alpha value is -4.47. The van der Waals surface area contributed by atoms with Gasteiger partial charge in [-0.15, -0.1) is 0 Å². The Balaban J connectivity index is 1.49. The topological polar surface area (TPSA) is 112 Å². The molecule has 0 saturated heterocycles. The number of ether oxygens (including phenoxy) is 2. The Morgan fingerprint density at radius 1 is 0.900 bits per heavy atom. The highest BCUT2D eigenvalue weighted by Crippen LogP contribution is 2.32. The number of methoxy groups -OCH3 is 1. The Labute approximate surface area is 231 Å². The quantitative estimate of drug-likeness (QED) is 0.123. The van der Waals surface area contributed by atoms with Gasteiger partial charge in [-0.25, -0.2) is 18.0 Å². The lowest BCUT2D eigenvalue weighted by atomic mass is 10.0. The van der Waals surface area contributed by atoms with Gasteiger partial charge < -0.3 is 13.9 Å². The van der Waals surface area contributed by atoms with Gasteiger partial charge in [0.2, 0.25) is 10.0 Å². The van der Waals surface area contributed by atoms with Gasteiger partial charge in [-0.1, -0.05) is 48.0 Å². The van der Waals surface area contributed by atoms with Crippen molar-refractivity contribution in [3.63, 3.8) is 0 Å². The van der Waals surface area contributed by atoms with E-state index >= 15 is 0 Å². The van der Waals surface area contributed by atoms with Gasteiger partial charge in [0.15, 0.2) is 0 Å². The molecule has 1 heterocycles. The molecule has 0 aliphatic rings. The summed E-state index contributed by atoms with van der Waals surface area (Å²) in [6.07, 6.45) is 0.0684. The first-order chi connectivity index (χ1) is 19.2. The van der Waals surface area contributed by atoms with Crippen molar-refractivity contribution in [3.05, 3.63) is 112 Å². The first-order valence-electron chi connectivity index (χ1n) is 12.5. The summed E-state index contributed by atoms with van der Waals surface area (Å²) in [5.41, 5.74) is 1.80. The minimum atomic E-state index is -4.04. The third kappa shape index (κ3) is 5.47. The van der Waals surface area contributed by atoms with Crippen molar-refractivity contribution < 1.29 is 27.1 Å². The molecule has 0 aliphatic heterocycles. The number of nitrogens with one attached hydrogen (secondary N) is 1. The first kappa shape index (κ1) is 27.1. The van der Waals surface area contributed by atoms with Gasteiger partial charge in [0.05, 0.1) is 17.4 Å². The van der Waals surface area contributed by atoms with Crippen molar-refractivity contribution in [1.82, 2.24) is 4.72 Å². The third-order valence-corrected chi connectivity index (χ3v) is 8.18. The van der Waals surface area contributed by atoms with Crippen molar-refractivity contribution in [2.45, 2.75) is 31.2 Å². The van der Waals surface area contributed by atoms with Crippen molar-refractivity contribution in [2.75, 3.05) is 7.11 Å². The minimum absolute atomic E-state index is 0.0381. The Morgan fingerprint density at radius 2 is 1.60 bits per heavy atom. The zero-order valence-electron chi connectivity index (χ0n) is 22.1. The summed E-state index contributed by atoms with van der Waals surface area (Å²) in [7, 11) is -2.52. The maximum atomic E-state index is 13.5. The van der Waals surface area contributed by atoms with Crippen LogP contribution in [0.3, 0.4) is 0 Å². The number of esters is 1. The molecule has 0 fully saturated rings. The summed E-state index contributed by atoms with van der Waals surface area (Å²) in [6.45, 7) is 3.53. The number of hydrogen-bond acceptors (Lipinski definition) is 7. The van der Waals surface area contributed by atoms with Crippen LogP contribution in [0.1, 0.15) is 16.7 Å². The fraction of sp³-hybridized carbons (Fsp3) is 0.161. The number of hydrogen-bond donors (Lipinski definition) is 1. The number of aryl methyl sites for hydroxylation is 2. The standard InChI is InChI=1S/C31H27NO7S/c1-19-9-12-23(13-10-19)40(35,36)32-27(17-21-7-5-4-6-8-21)31(34)38-28-16-15-25-24-14-11-22(37-3)18-26(24)30(33)39-29(25)20(28)2/h4-16,18,27,32H,17H2,1-3H3/t27-/m1/s1. The van der Waals surface area contributed by atoms with Crippen LogP contribution in [0.25, 0.3) is 21.7 Å². The van der Waals surface area contributed by atoms with Gasteiger partial charge in [0.25, 0.3) is 0 Å². The summed E-state index contributed by atoms with van der Waals surface area (Å²) in [6, 6.07) is 22.6. The minimum Gasteiger partial charge on any atom is -0.497 e.